The highest BCUT2D eigenvalue weighted by molar-refractivity contribution is 6.01. The van der Waals surface area contributed by atoms with Crippen molar-refractivity contribution in [1.29, 1.82) is 0 Å². The van der Waals surface area contributed by atoms with Crippen LogP contribution in [0.15, 0.2) is 42.5 Å². The van der Waals surface area contributed by atoms with Gasteiger partial charge in [-0.3, -0.25) is 4.79 Å². The van der Waals surface area contributed by atoms with Crippen LogP contribution in [-0.4, -0.2) is 31.0 Å². The van der Waals surface area contributed by atoms with Gasteiger partial charge < -0.3 is 9.64 Å². The van der Waals surface area contributed by atoms with Gasteiger partial charge in [-0.25, -0.2) is 0 Å². The number of hydrogen-bond acceptors (Lipinski definition) is 2. The highest BCUT2D eigenvalue weighted by atomic mass is 16.5. The minimum Gasteiger partial charge on any atom is -0.497 e. The summed E-state index contributed by atoms with van der Waals surface area (Å²) in [5.74, 6) is 0.820. The minimum absolute atomic E-state index is 0.0610. The molecule has 0 saturated heterocycles. The second-order valence-electron chi connectivity index (χ2n) is 5.20. The number of carbonyl (C=O) groups is 1. The number of methoxy groups -OCH3 is 1. The van der Waals surface area contributed by atoms with E-state index in [2.05, 4.69) is 13.0 Å². The van der Waals surface area contributed by atoms with E-state index in [1.54, 1.807) is 7.11 Å². The first kappa shape index (κ1) is 16.1. The Morgan fingerprint density at radius 2 is 1.73 bits per heavy atom. The lowest BCUT2D eigenvalue weighted by Gasteiger charge is -2.21. The molecule has 2 rings (SSSR count). The molecule has 22 heavy (non-hydrogen) atoms. The highest BCUT2D eigenvalue weighted by Gasteiger charge is 2.18. The fraction of sp³-hybridized carbons (Fsp3) is 0.316. The molecule has 0 aliphatic rings. The van der Waals surface area contributed by atoms with Crippen molar-refractivity contribution in [1.82, 2.24) is 4.90 Å². The van der Waals surface area contributed by atoms with Crippen LogP contribution < -0.4 is 4.74 Å². The molecule has 0 heterocycles. The van der Waals surface area contributed by atoms with Crippen LogP contribution in [0.5, 0.6) is 5.75 Å². The van der Waals surface area contributed by atoms with E-state index in [9.17, 15) is 4.79 Å². The van der Waals surface area contributed by atoms with Gasteiger partial charge in [-0.05, 0) is 55.7 Å². The van der Waals surface area contributed by atoms with Gasteiger partial charge in [-0.15, -0.1) is 0 Å². The second kappa shape index (κ2) is 7.12. The zero-order chi connectivity index (χ0) is 16.1. The van der Waals surface area contributed by atoms with E-state index >= 15 is 0 Å². The van der Waals surface area contributed by atoms with Crippen molar-refractivity contribution in [2.45, 2.75) is 20.8 Å². The summed E-state index contributed by atoms with van der Waals surface area (Å²) in [5.41, 5.74) is 3.86. The SMILES string of the molecule is CCN(CC)C(=O)c1ccc(OC)cc1-c1ccccc1C. The Labute approximate surface area is 132 Å². The van der Waals surface area contributed by atoms with Gasteiger partial charge in [0.25, 0.3) is 5.91 Å². The third kappa shape index (κ3) is 3.14. The molecule has 0 radical (unpaired) electrons. The number of aryl methyl sites for hydroxylation is 1. The van der Waals surface area contributed by atoms with E-state index < -0.39 is 0 Å². The quantitative estimate of drug-likeness (QED) is 0.829. The monoisotopic (exact) mass is 297 g/mol. The molecular weight excluding hydrogens is 274 g/mol. The van der Waals surface area contributed by atoms with Gasteiger partial charge in [0.15, 0.2) is 0 Å². The van der Waals surface area contributed by atoms with Crippen LogP contribution in [-0.2, 0) is 0 Å². The summed E-state index contributed by atoms with van der Waals surface area (Å²) in [5, 5.41) is 0. The predicted octanol–water partition coefficient (Wildman–Crippen LogP) is 4.15. The molecule has 0 fully saturated rings. The van der Waals surface area contributed by atoms with Crippen molar-refractivity contribution >= 4 is 5.91 Å². The van der Waals surface area contributed by atoms with E-state index in [0.29, 0.717) is 13.1 Å². The Bertz CT molecular complexity index is 660. The predicted molar refractivity (Wildman–Crippen MR) is 90.4 cm³/mol. The molecule has 3 nitrogen and oxygen atoms in total. The summed E-state index contributed by atoms with van der Waals surface area (Å²) in [6, 6.07) is 13.8. The number of benzene rings is 2. The molecule has 2 aromatic carbocycles. The summed E-state index contributed by atoms with van der Waals surface area (Å²) in [4.78, 5) is 14.6. The summed E-state index contributed by atoms with van der Waals surface area (Å²) >= 11 is 0. The fourth-order valence-electron chi connectivity index (χ4n) is 2.62. The summed E-state index contributed by atoms with van der Waals surface area (Å²) in [7, 11) is 1.64. The number of nitrogens with zero attached hydrogens (tertiary/aromatic N) is 1. The third-order valence-corrected chi connectivity index (χ3v) is 3.94. The molecule has 116 valence electrons. The number of hydrogen-bond donors (Lipinski definition) is 0. The lowest BCUT2D eigenvalue weighted by molar-refractivity contribution is 0.0774. The molecule has 0 spiro atoms. The Morgan fingerprint density at radius 1 is 1.05 bits per heavy atom. The highest BCUT2D eigenvalue weighted by Crippen LogP contribution is 2.31. The van der Waals surface area contributed by atoms with Gasteiger partial charge >= 0.3 is 0 Å². The second-order valence-corrected chi connectivity index (χ2v) is 5.20. The molecule has 0 atom stereocenters. The van der Waals surface area contributed by atoms with E-state index in [-0.39, 0.29) is 5.91 Å². The Kier molecular flexibility index (Phi) is 5.21. The normalized spacial score (nSPS) is 10.4. The number of amides is 1. The number of ether oxygens (including phenoxy) is 1. The molecule has 0 aliphatic carbocycles. The van der Waals surface area contributed by atoms with E-state index in [4.69, 9.17) is 4.74 Å². The first-order valence-corrected chi connectivity index (χ1v) is 7.65. The third-order valence-electron chi connectivity index (χ3n) is 3.94. The van der Waals surface area contributed by atoms with Crippen molar-refractivity contribution in [3.8, 4) is 16.9 Å². The maximum Gasteiger partial charge on any atom is 0.254 e. The van der Waals surface area contributed by atoms with Crippen LogP contribution in [0.25, 0.3) is 11.1 Å². The number of rotatable bonds is 5. The van der Waals surface area contributed by atoms with Gasteiger partial charge in [-0.2, -0.15) is 0 Å². The van der Waals surface area contributed by atoms with Crippen LogP contribution in [0.4, 0.5) is 0 Å². The smallest absolute Gasteiger partial charge is 0.254 e. The average molecular weight is 297 g/mol. The molecule has 0 saturated carbocycles. The standard InChI is InChI=1S/C19H23NO2/c1-5-20(6-2)19(21)17-12-11-15(22-4)13-18(17)16-10-8-7-9-14(16)3/h7-13H,5-6H2,1-4H3. The molecule has 3 heteroatoms. The van der Waals surface area contributed by atoms with Crippen molar-refractivity contribution in [3.05, 3.63) is 53.6 Å². The molecule has 2 aromatic rings. The topological polar surface area (TPSA) is 29.5 Å². The van der Waals surface area contributed by atoms with Gasteiger partial charge in [0.2, 0.25) is 0 Å². The largest absolute Gasteiger partial charge is 0.497 e. The Balaban J connectivity index is 2.60. The van der Waals surface area contributed by atoms with Crippen LogP contribution in [0.1, 0.15) is 29.8 Å². The summed E-state index contributed by atoms with van der Waals surface area (Å²) < 4.78 is 5.34. The van der Waals surface area contributed by atoms with Gasteiger partial charge in [0, 0.05) is 18.7 Å². The molecule has 1 amide bonds. The zero-order valence-corrected chi connectivity index (χ0v) is 13.7. The van der Waals surface area contributed by atoms with Crippen LogP contribution in [0.2, 0.25) is 0 Å². The van der Waals surface area contributed by atoms with Crippen LogP contribution in [0.3, 0.4) is 0 Å². The summed E-state index contributed by atoms with van der Waals surface area (Å²) in [6.45, 7) is 7.46. The van der Waals surface area contributed by atoms with Crippen LogP contribution in [0, 0.1) is 6.92 Å². The maximum atomic E-state index is 12.8. The molecule has 0 bridgehead atoms. The van der Waals surface area contributed by atoms with E-state index in [1.165, 1.54) is 0 Å². The molecule has 0 unspecified atom stereocenters. The lowest BCUT2D eigenvalue weighted by Crippen LogP contribution is -2.30. The van der Waals surface area contributed by atoms with Crippen molar-refractivity contribution in [3.63, 3.8) is 0 Å². The summed E-state index contributed by atoms with van der Waals surface area (Å²) in [6.07, 6.45) is 0. The zero-order valence-electron chi connectivity index (χ0n) is 13.7. The maximum absolute atomic E-state index is 12.8. The fourth-order valence-corrected chi connectivity index (χ4v) is 2.62. The molecular formula is C19H23NO2. The van der Waals surface area contributed by atoms with E-state index in [1.807, 2.05) is 55.1 Å². The van der Waals surface area contributed by atoms with Crippen molar-refractivity contribution in [2.24, 2.45) is 0 Å². The van der Waals surface area contributed by atoms with Crippen molar-refractivity contribution in [2.75, 3.05) is 20.2 Å². The van der Waals surface area contributed by atoms with Gasteiger partial charge in [0.1, 0.15) is 5.75 Å². The first-order chi connectivity index (χ1) is 10.6. The molecule has 0 N–H and O–H groups in total. The average Bonchev–Trinajstić information content (AvgIpc) is 2.55. The van der Waals surface area contributed by atoms with Gasteiger partial charge in [-0.1, -0.05) is 24.3 Å². The number of carbonyl (C=O) groups excluding carboxylic acids is 1. The van der Waals surface area contributed by atoms with Gasteiger partial charge in [0.05, 0.1) is 7.11 Å². The van der Waals surface area contributed by atoms with E-state index in [0.717, 1.165) is 28.0 Å². The van der Waals surface area contributed by atoms with Crippen molar-refractivity contribution < 1.29 is 9.53 Å². The molecule has 0 aromatic heterocycles. The minimum atomic E-state index is 0.0610. The lowest BCUT2D eigenvalue weighted by atomic mass is 9.95. The molecule has 0 aliphatic heterocycles. The Morgan fingerprint density at radius 3 is 2.32 bits per heavy atom. The first-order valence-electron chi connectivity index (χ1n) is 7.65. The van der Waals surface area contributed by atoms with Crippen LogP contribution >= 0.6 is 0 Å². The Hall–Kier alpha value is -2.29.